The van der Waals surface area contributed by atoms with Gasteiger partial charge in [0.2, 0.25) is 0 Å². The minimum atomic E-state index is -0.0518. The van der Waals surface area contributed by atoms with E-state index in [1.807, 2.05) is 6.07 Å². The molecule has 1 aromatic carbocycles. The molecule has 1 aliphatic rings. The first-order chi connectivity index (χ1) is 7.17. The quantitative estimate of drug-likeness (QED) is 0.688. The van der Waals surface area contributed by atoms with Crippen LogP contribution in [0.2, 0.25) is 0 Å². The van der Waals surface area contributed by atoms with Crippen molar-refractivity contribution in [2.45, 2.75) is 19.3 Å². The van der Waals surface area contributed by atoms with Crippen LogP contribution in [0.5, 0.6) is 5.75 Å². The zero-order valence-electron chi connectivity index (χ0n) is 8.70. The molecule has 76 valence electrons. The van der Waals surface area contributed by atoms with E-state index in [1.165, 1.54) is 6.92 Å². The Kier molecular flexibility index (Phi) is 2.20. The molecule has 0 spiro atoms. The van der Waals surface area contributed by atoms with Crippen molar-refractivity contribution in [3.8, 4) is 11.8 Å². The zero-order chi connectivity index (χ0) is 11.0. The lowest BCUT2D eigenvalue weighted by Crippen LogP contribution is -2.17. The smallest absolute Gasteiger partial charge is 0.163 e. The lowest BCUT2D eigenvalue weighted by Gasteiger charge is -2.26. The number of benzene rings is 1. The molecule has 0 N–H and O–H groups in total. The molecule has 0 heterocycles. The van der Waals surface area contributed by atoms with Crippen molar-refractivity contribution in [3.63, 3.8) is 0 Å². The van der Waals surface area contributed by atoms with Gasteiger partial charge in [0.25, 0.3) is 0 Å². The van der Waals surface area contributed by atoms with Gasteiger partial charge in [0.1, 0.15) is 5.75 Å². The molecular formula is C12H11NO2. The molecule has 1 unspecified atom stereocenters. The third kappa shape index (κ3) is 1.39. The molecular weight excluding hydrogens is 190 g/mol. The first-order valence-corrected chi connectivity index (χ1v) is 4.78. The highest BCUT2D eigenvalue weighted by molar-refractivity contribution is 5.97. The van der Waals surface area contributed by atoms with Crippen LogP contribution >= 0.6 is 0 Å². The molecule has 0 amide bonds. The predicted molar refractivity (Wildman–Crippen MR) is 55.1 cm³/mol. The van der Waals surface area contributed by atoms with Crippen molar-refractivity contribution < 1.29 is 9.53 Å². The monoisotopic (exact) mass is 201 g/mol. The SMILES string of the molecule is COc1cc2c(cc1C(C)=O)C(C#N)C2. The van der Waals surface area contributed by atoms with Crippen molar-refractivity contribution in [1.82, 2.24) is 0 Å². The Hall–Kier alpha value is -1.82. The van der Waals surface area contributed by atoms with Crippen LogP contribution in [0.15, 0.2) is 12.1 Å². The number of fused-ring (bicyclic) bond motifs is 1. The normalized spacial score (nSPS) is 17.3. The molecule has 0 radical (unpaired) electrons. The Morgan fingerprint density at radius 3 is 2.87 bits per heavy atom. The molecule has 2 rings (SSSR count). The summed E-state index contributed by atoms with van der Waals surface area (Å²) in [5.41, 5.74) is 2.66. The van der Waals surface area contributed by atoms with Crippen molar-refractivity contribution in [3.05, 3.63) is 28.8 Å². The minimum Gasteiger partial charge on any atom is -0.496 e. The molecule has 0 saturated heterocycles. The largest absolute Gasteiger partial charge is 0.496 e. The molecule has 3 nitrogen and oxygen atoms in total. The number of nitrogens with zero attached hydrogens (tertiary/aromatic N) is 1. The van der Waals surface area contributed by atoms with E-state index in [9.17, 15) is 4.79 Å². The number of ether oxygens (including phenoxy) is 1. The number of carbonyl (C=O) groups excluding carboxylic acids is 1. The van der Waals surface area contributed by atoms with Gasteiger partial charge in [-0.1, -0.05) is 0 Å². The number of carbonyl (C=O) groups is 1. The molecule has 0 aliphatic heterocycles. The fourth-order valence-electron chi connectivity index (χ4n) is 1.90. The summed E-state index contributed by atoms with van der Waals surface area (Å²) in [6.45, 7) is 1.50. The van der Waals surface area contributed by atoms with E-state index < -0.39 is 0 Å². The lowest BCUT2D eigenvalue weighted by molar-refractivity contribution is 0.101. The van der Waals surface area contributed by atoms with Crippen molar-refractivity contribution in [2.24, 2.45) is 0 Å². The average molecular weight is 201 g/mol. The summed E-state index contributed by atoms with van der Waals surface area (Å²) in [6, 6.07) is 5.86. The maximum atomic E-state index is 11.3. The Morgan fingerprint density at radius 1 is 1.60 bits per heavy atom. The molecule has 1 aromatic rings. The zero-order valence-corrected chi connectivity index (χ0v) is 8.70. The van der Waals surface area contributed by atoms with Crippen molar-refractivity contribution >= 4 is 5.78 Å². The van der Waals surface area contributed by atoms with E-state index >= 15 is 0 Å². The second kappa shape index (κ2) is 3.39. The van der Waals surface area contributed by atoms with E-state index in [0.717, 1.165) is 17.5 Å². The van der Waals surface area contributed by atoms with Crippen LogP contribution in [0.25, 0.3) is 0 Å². The predicted octanol–water partition coefficient (Wildman–Crippen LogP) is 2.06. The van der Waals surface area contributed by atoms with Crippen molar-refractivity contribution in [2.75, 3.05) is 7.11 Å². The molecule has 15 heavy (non-hydrogen) atoms. The van der Waals surface area contributed by atoms with Gasteiger partial charge >= 0.3 is 0 Å². The summed E-state index contributed by atoms with van der Waals surface area (Å²) in [7, 11) is 1.55. The highest BCUT2D eigenvalue weighted by atomic mass is 16.5. The fourth-order valence-corrected chi connectivity index (χ4v) is 1.90. The van der Waals surface area contributed by atoms with Crippen LogP contribution in [-0.4, -0.2) is 12.9 Å². The number of ketones is 1. The van der Waals surface area contributed by atoms with Gasteiger partial charge in [-0.2, -0.15) is 5.26 Å². The molecule has 0 saturated carbocycles. The van der Waals surface area contributed by atoms with Gasteiger partial charge in [0.05, 0.1) is 24.7 Å². The second-order valence-corrected chi connectivity index (χ2v) is 3.69. The second-order valence-electron chi connectivity index (χ2n) is 3.69. The fraction of sp³-hybridized carbons (Fsp3) is 0.333. The summed E-state index contributed by atoms with van der Waals surface area (Å²) in [6.07, 6.45) is 0.764. The first kappa shape index (κ1) is 9.72. The van der Waals surface area contributed by atoms with E-state index in [4.69, 9.17) is 10.00 Å². The Balaban J connectivity index is 2.52. The van der Waals surface area contributed by atoms with Crippen LogP contribution in [-0.2, 0) is 6.42 Å². The third-order valence-electron chi connectivity index (χ3n) is 2.80. The molecule has 0 aromatic heterocycles. The maximum absolute atomic E-state index is 11.3. The number of nitriles is 1. The number of Topliss-reactive ketones (excluding diaryl/α,β-unsaturated/α-hetero) is 1. The van der Waals surface area contributed by atoms with Gasteiger partial charge < -0.3 is 4.74 Å². The average Bonchev–Trinajstić information content (AvgIpc) is 2.19. The third-order valence-corrected chi connectivity index (χ3v) is 2.80. The van der Waals surface area contributed by atoms with Crippen LogP contribution < -0.4 is 4.74 Å². The Labute approximate surface area is 88.3 Å². The van der Waals surface area contributed by atoms with Gasteiger partial charge in [0.15, 0.2) is 5.78 Å². The van der Waals surface area contributed by atoms with E-state index in [1.54, 1.807) is 13.2 Å². The van der Waals surface area contributed by atoms with Crippen LogP contribution in [0.1, 0.15) is 34.3 Å². The number of hydrogen-bond donors (Lipinski definition) is 0. The topological polar surface area (TPSA) is 50.1 Å². The molecule has 1 atom stereocenters. The highest BCUT2D eigenvalue weighted by Gasteiger charge is 2.28. The summed E-state index contributed by atoms with van der Waals surface area (Å²) in [5, 5.41) is 8.82. The van der Waals surface area contributed by atoms with Crippen LogP contribution in [0.3, 0.4) is 0 Å². The van der Waals surface area contributed by atoms with Gasteiger partial charge in [-0.25, -0.2) is 0 Å². The van der Waals surface area contributed by atoms with Crippen molar-refractivity contribution in [1.29, 1.82) is 5.26 Å². The molecule has 0 fully saturated rings. The van der Waals surface area contributed by atoms with Gasteiger partial charge in [-0.05, 0) is 36.6 Å². The number of rotatable bonds is 2. The Bertz CT molecular complexity index is 471. The number of hydrogen-bond acceptors (Lipinski definition) is 3. The van der Waals surface area contributed by atoms with Crippen LogP contribution in [0, 0.1) is 11.3 Å². The van der Waals surface area contributed by atoms with Gasteiger partial charge in [-0.15, -0.1) is 0 Å². The van der Waals surface area contributed by atoms with E-state index in [-0.39, 0.29) is 11.7 Å². The maximum Gasteiger partial charge on any atom is 0.163 e. The van der Waals surface area contributed by atoms with Crippen LogP contribution in [0.4, 0.5) is 0 Å². The first-order valence-electron chi connectivity index (χ1n) is 4.78. The number of methoxy groups -OCH3 is 1. The summed E-state index contributed by atoms with van der Waals surface area (Å²) in [5.74, 6) is 0.528. The summed E-state index contributed by atoms with van der Waals surface area (Å²) in [4.78, 5) is 11.3. The molecule has 3 heteroatoms. The Morgan fingerprint density at radius 2 is 2.33 bits per heavy atom. The van der Waals surface area contributed by atoms with E-state index in [2.05, 4.69) is 6.07 Å². The van der Waals surface area contributed by atoms with Gasteiger partial charge in [-0.3, -0.25) is 4.79 Å². The highest BCUT2D eigenvalue weighted by Crippen LogP contribution is 2.38. The standard InChI is InChI=1S/C12H11NO2/c1-7(14)10-5-11-8(3-9(11)6-13)4-12(10)15-2/h4-5,9H,3H2,1-2H3. The van der Waals surface area contributed by atoms with E-state index in [0.29, 0.717) is 11.3 Å². The lowest BCUT2D eigenvalue weighted by atomic mass is 9.77. The molecule has 0 bridgehead atoms. The molecule has 1 aliphatic carbocycles. The summed E-state index contributed by atoms with van der Waals surface area (Å²) >= 11 is 0. The summed E-state index contributed by atoms with van der Waals surface area (Å²) < 4.78 is 5.14. The van der Waals surface area contributed by atoms with Gasteiger partial charge in [0, 0.05) is 0 Å². The minimum absolute atomic E-state index is 0.0294.